The predicted octanol–water partition coefficient (Wildman–Crippen LogP) is 3.54. The minimum atomic E-state index is -0.362. The van der Waals surface area contributed by atoms with Gasteiger partial charge in [0, 0.05) is 0 Å². The minimum absolute atomic E-state index is 0.0646. The Morgan fingerprint density at radius 3 is 2.68 bits per heavy atom. The number of methoxy groups -OCH3 is 1. The molecular formula is C19H19N3O3. The van der Waals surface area contributed by atoms with Crippen molar-refractivity contribution in [2.45, 2.75) is 20.3 Å². The summed E-state index contributed by atoms with van der Waals surface area (Å²) in [4.78, 5) is 12.3. The van der Waals surface area contributed by atoms with E-state index in [1.807, 2.05) is 6.07 Å². The molecule has 1 heterocycles. The molecule has 0 saturated carbocycles. The maximum Gasteiger partial charge on any atom is 0.322 e. The zero-order valence-electron chi connectivity index (χ0n) is 14.4. The average Bonchev–Trinajstić information content (AvgIpc) is 3.05. The first-order valence-corrected chi connectivity index (χ1v) is 7.89. The van der Waals surface area contributed by atoms with Crippen LogP contribution in [-0.4, -0.2) is 23.2 Å². The number of benzene rings is 2. The van der Waals surface area contributed by atoms with Crippen LogP contribution in [0.4, 0.5) is 6.01 Å². The Labute approximate surface area is 145 Å². The molecule has 1 aromatic heterocycles. The van der Waals surface area contributed by atoms with E-state index in [0.29, 0.717) is 23.6 Å². The predicted molar refractivity (Wildman–Crippen MR) is 94.0 cm³/mol. The van der Waals surface area contributed by atoms with Crippen LogP contribution in [0.25, 0.3) is 0 Å². The topological polar surface area (TPSA) is 77.2 Å². The minimum Gasteiger partial charge on any atom is -0.496 e. The number of ether oxygens (including phenoxy) is 1. The molecule has 6 heteroatoms. The molecule has 0 spiro atoms. The van der Waals surface area contributed by atoms with Gasteiger partial charge < -0.3 is 9.15 Å². The molecule has 3 rings (SSSR count). The highest BCUT2D eigenvalue weighted by molar-refractivity contribution is 6.05. The van der Waals surface area contributed by atoms with Crippen molar-refractivity contribution in [2.75, 3.05) is 12.4 Å². The van der Waals surface area contributed by atoms with Crippen molar-refractivity contribution in [3.05, 3.63) is 70.6 Å². The van der Waals surface area contributed by atoms with Gasteiger partial charge in [0.15, 0.2) is 0 Å². The molecule has 1 N–H and O–H groups in total. The largest absolute Gasteiger partial charge is 0.496 e. The third-order valence-corrected chi connectivity index (χ3v) is 3.97. The van der Waals surface area contributed by atoms with Gasteiger partial charge in [-0.25, -0.2) is 0 Å². The van der Waals surface area contributed by atoms with E-state index >= 15 is 0 Å². The standard InChI is InChI=1S/C19H19N3O3/c1-12-8-9-14(10-13(12)2)11-17-21-22-19(25-17)20-18(23)15-6-4-5-7-16(15)24-3/h4-10H,11H2,1-3H3,(H,20,22,23). The second kappa shape index (κ2) is 7.17. The van der Waals surface area contributed by atoms with Gasteiger partial charge in [-0.1, -0.05) is 35.4 Å². The molecule has 0 bridgehead atoms. The first-order valence-electron chi connectivity index (χ1n) is 7.89. The lowest BCUT2D eigenvalue weighted by molar-refractivity contribution is 0.102. The van der Waals surface area contributed by atoms with Crippen molar-refractivity contribution < 1.29 is 13.9 Å². The van der Waals surface area contributed by atoms with Crippen LogP contribution >= 0.6 is 0 Å². The van der Waals surface area contributed by atoms with Gasteiger partial charge in [0.2, 0.25) is 5.89 Å². The number of nitrogens with zero attached hydrogens (tertiary/aromatic N) is 2. The number of amides is 1. The van der Waals surface area contributed by atoms with Crippen LogP contribution in [0.15, 0.2) is 46.9 Å². The van der Waals surface area contributed by atoms with Gasteiger partial charge in [0.25, 0.3) is 5.91 Å². The molecule has 1 amide bonds. The third kappa shape index (κ3) is 3.85. The van der Waals surface area contributed by atoms with E-state index in [1.54, 1.807) is 24.3 Å². The number of anilines is 1. The molecule has 2 aromatic carbocycles. The number of carbonyl (C=O) groups excluding carboxylic acids is 1. The Hall–Kier alpha value is -3.15. The van der Waals surface area contributed by atoms with Crippen molar-refractivity contribution >= 4 is 11.9 Å². The van der Waals surface area contributed by atoms with E-state index in [4.69, 9.17) is 9.15 Å². The second-order valence-corrected chi connectivity index (χ2v) is 5.75. The molecular weight excluding hydrogens is 318 g/mol. The first kappa shape index (κ1) is 16.7. The molecule has 0 aliphatic carbocycles. The third-order valence-electron chi connectivity index (χ3n) is 3.97. The van der Waals surface area contributed by atoms with Crippen LogP contribution in [-0.2, 0) is 6.42 Å². The zero-order valence-corrected chi connectivity index (χ0v) is 14.4. The molecule has 0 atom stereocenters. The molecule has 0 saturated heterocycles. The zero-order chi connectivity index (χ0) is 17.8. The Morgan fingerprint density at radius 2 is 1.92 bits per heavy atom. The number of carbonyl (C=O) groups is 1. The lowest BCUT2D eigenvalue weighted by Gasteiger charge is -2.06. The molecule has 0 aliphatic heterocycles. The SMILES string of the molecule is COc1ccccc1C(=O)Nc1nnc(Cc2ccc(C)c(C)c2)o1. The van der Waals surface area contributed by atoms with Crippen LogP contribution in [0.5, 0.6) is 5.75 Å². The summed E-state index contributed by atoms with van der Waals surface area (Å²) < 4.78 is 10.7. The van der Waals surface area contributed by atoms with Gasteiger partial charge in [-0.3, -0.25) is 10.1 Å². The second-order valence-electron chi connectivity index (χ2n) is 5.75. The van der Waals surface area contributed by atoms with Gasteiger partial charge in [0.1, 0.15) is 5.75 Å². The number of hydrogen-bond acceptors (Lipinski definition) is 5. The van der Waals surface area contributed by atoms with E-state index in [2.05, 4.69) is 41.5 Å². The van der Waals surface area contributed by atoms with Crippen molar-refractivity contribution in [1.29, 1.82) is 0 Å². The number of aryl methyl sites for hydroxylation is 2. The molecule has 0 radical (unpaired) electrons. The van der Waals surface area contributed by atoms with Crippen LogP contribution < -0.4 is 10.1 Å². The van der Waals surface area contributed by atoms with E-state index in [1.165, 1.54) is 18.2 Å². The fourth-order valence-electron chi connectivity index (χ4n) is 2.46. The summed E-state index contributed by atoms with van der Waals surface area (Å²) in [5, 5.41) is 10.5. The van der Waals surface area contributed by atoms with Crippen LogP contribution in [0.2, 0.25) is 0 Å². The fraction of sp³-hybridized carbons (Fsp3) is 0.211. The summed E-state index contributed by atoms with van der Waals surface area (Å²) in [6.45, 7) is 4.13. The van der Waals surface area contributed by atoms with Gasteiger partial charge in [0.05, 0.1) is 19.1 Å². The number of rotatable bonds is 5. The highest BCUT2D eigenvalue weighted by Crippen LogP contribution is 2.19. The average molecular weight is 337 g/mol. The molecule has 0 aliphatic rings. The highest BCUT2D eigenvalue weighted by Gasteiger charge is 2.15. The Bertz CT molecular complexity index is 902. The van der Waals surface area contributed by atoms with E-state index in [0.717, 1.165) is 5.56 Å². The van der Waals surface area contributed by atoms with Gasteiger partial charge in [-0.2, -0.15) is 0 Å². The Morgan fingerprint density at radius 1 is 1.12 bits per heavy atom. The smallest absolute Gasteiger partial charge is 0.322 e. The molecule has 3 aromatic rings. The molecule has 6 nitrogen and oxygen atoms in total. The van der Waals surface area contributed by atoms with E-state index in [-0.39, 0.29) is 11.9 Å². The van der Waals surface area contributed by atoms with Crippen LogP contribution in [0, 0.1) is 13.8 Å². The van der Waals surface area contributed by atoms with Crippen molar-refractivity contribution in [3.63, 3.8) is 0 Å². The maximum atomic E-state index is 12.3. The molecule has 0 fully saturated rings. The summed E-state index contributed by atoms with van der Waals surface area (Å²) in [5.74, 6) is 0.562. The fourth-order valence-corrected chi connectivity index (χ4v) is 2.46. The first-order chi connectivity index (χ1) is 12.1. The number of hydrogen-bond donors (Lipinski definition) is 1. The van der Waals surface area contributed by atoms with Crippen LogP contribution in [0.3, 0.4) is 0 Å². The van der Waals surface area contributed by atoms with Crippen molar-refractivity contribution in [1.82, 2.24) is 10.2 Å². The van der Waals surface area contributed by atoms with E-state index in [9.17, 15) is 4.79 Å². The maximum absolute atomic E-state index is 12.3. The monoisotopic (exact) mass is 337 g/mol. The summed E-state index contributed by atoms with van der Waals surface area (Å²) in [6.07, 6.45) is 0.513. The number of nitrogens with one attached hydrogen (secondary N) is 1. The lowest BCUT2D eigenvalue weighted by atomic mass is 10.0. The summed E-state index contributed by atoms with van der Waals surface area (Å²) in [7, 11) is 1.51. The summed E-state index contributed by atoms with van der Waals surface area (Å²) >= 11 is 0. The quantitative estimate of drug-likeness (QED) is 0.770. The van der Waals surface area contributed by atoms with Gasteiger partial charge in [-0.15, -0.1) is 5.10 Å². The van der Waals surface area contributed by atoms with Crippen molar-refractivity contribution in [2.24, 2.45) is 0 Å². The van der Waals surface area contributed by atoms with Gasteiger partial charge >= 0.3 is 6.01 Å². The van der Waals surface area contributed by atoms with E-state index < -0.39 is 0 Å². The number of para-hydroxylation sites is 1. The Balaban J connectivity index is 1.71. The lowest BCUT2D eigenvalue weighted by Crippen LogP contribution is -2.13. The van der Waals surface area contributed by atoms with Crippen molar-refractivity contribution in [3.8, 4) is 5.75 Å². The molecule has 25 heavy (non-hydrogen) atoms. The molecule has 128 valence electrons. The van der Waals surface area contributed by atoms with Crippen LogP contribution in [0.1, 0.15) is 32.9 Å². The Kier molecular flexibility index (Phi) is 4.79. The van der Waals surface area contributed by atoms with Gasteiger partial charge in [-0.05, 0) is 42.7 Å². The normalized spacial score (nSPS) is 10.5. The summed E-state index contributed by atoms with van der Waals surface area (Å²) in [6, 6.07) is 13.2. The molecule has 0 unspecified atom stereocenters. The highest BCUT2D eigenvalue weighted by atomic mass is 16.5. The summed E-state index contributed by atoms with van der Waals surface area (Å²) in [5.41, 5.74) is 3.93. The number of aromatic nitrogens is 2.